The molecule has 1 atom stereocenters. The van der Waals surface area contributed by atoms with Crippen molar-refractivity contribution in [1.82, 2.24) is 0 Å². The lowest BCUT2D eigenvalue weighted by Gasteiger charge is -2.43. The smallest absolute Gasteiger partial charge is 0.416 e. The van der Waals surface area contributed by atoms with Gasteiger partial charge in [0.15, 0.2) is 0 Å². The zero-order valence-corrected chi connectivity index (χ0v) is 24.7. The summed E-state index contributed by atoms with van der Waals surface area (Å²) in [7, 11) is 0. The number of hydrogen-bond acceptors (Lipinski definition) is 4. The number of hydrogen-bond donors (Lipinski definition) is 2. The second kappa shape index (κ2) is 14.6. The Labute approximate surface area is 255 Å². The topological polar surface area (TPSA) is 72.9 Å². The average molecular weight is 604 g/mol. The number of halogens is 3. The third-order valence-corrected chi connectivity index (χ3v) is 7.53. The van der Waals surface area contributed by atoms with Crippen LogP contribution in [0, 0.1) is 0 Å². The first-order chi connectivity index (χ1) is 21.1. The summed E-state index contributed by atoms with van der Waals surface area (Å²) in [6.07, 6.45) is -3.15. The van der Waals surface area contributed by atoms with Gasteiger partial charge in [-0.25, -0.2) is 0 Å². The lowest BCUT2D eigenvalue weighted by Crippen LogP contribution is -2.53. The summed E-state index contributed by atoms with van der Waals surface area (Å²) >= 11 is 0. The van der Waals surface area contributed by atoms with Gasteiger partial charge >= 0.3 is 12.1 Å². The van der Waals surface area contributed by atoms with Crippen LogP contribution in [0.1, 0.15) is 42.6 Å². The quantitative estimate of drug-likeness (QED) is 0.223. The molecule has 44 heavy (non-hydrogen) atoms. The van der Waals surface area contributed by atoms with Gasteiger partial charge in [-0.3, -0.25) is 9.59 Å². The molecule has 0 saturated carbocycles. The van der Waals surface area contributed by atoms with Gasteiger partial charge < -0.3 is 20.2 Å². The summed E-state index contributed by atoms with van der Waals surface area (Å²) in [4.78, 5) is 27.4. The minimum atomic E-state index is -4.41. The monoisotopic (exact) mass is 603 g/mol. The molecule has 0 bridgehead atoms. The molecule has 5 rings (SSSR count). The first-order valence-corrected chi connectivity index (χ1v) is 14.6. The van der Waals surface area contributed by atoms with E-state index in [1.54, 1.807) is 31.2 Å². The van der Waals surface area contributed by atoms with E-state index in [1.807, 2.05) is 30.3 Å². The number of para-hydroxylation sites is 1. The van der Waals surface area contributed by atoms with Gasteiger partial charge in [-0.05, 0) is 72.1 Å². The Morgan fingerprint density at radius 2 is 1.43 bits per heavy atom. The van der Waals surface area contributed by atoms with Crippen LogP contribution >= 0.6 is 0 Å². The van der Waals surface area contributed by atoms with Gasteiger partial charge in [0.1, 0.15) is 0 Å². The van der Waals surface area contributed by atoms with E-state index in [-0.39, 0.29) is 12.3 Å². The number of nitrogens with zero attached hydrogens (tertiary/aromatic N) is 2. The van der Waals surface area contributed by atoms with Crippen molar-refractivity contribution >= 4 is 28.9 Å². The van der Waals surface area contributed by atoms with Gasteiger partial charge in [0.05, 0.1) is 5.56 Å². The molecule has 0 radical (unpaired) electrons. The second-order valence-electron chi connectivity index (χ2n) is 10.4. The first kappa shape index (κ1) is 32.1. The molecule has 1 unspecified atom stereocenters. The van der Waals surface area contributed by atoms with Crippen LogP contribution in [0.25, 0.3) is 11.1 Å². The molecule has 9 heteroatoms. The number of carbonyl (C=O) groups is 2. The summed E-state index contributed by atoms with van der Waals surface area (Å²) in [5.74, 6) is -1.06. The van der Waals surface area contributed by atoms with Gasteiger partial charge in [-0.2, -0.15) is 13.2 Å². The molecule has 0 aliphatic carbocycles. The highest BCUT2D eigenvalue weighted by molar-refractivity contribution is 6.08. The van der Waals surface area contributed by atoms with Crippen molar-refractivity contribution in [3.63, 3.8) is 0 Å². The average Bonchev–Trinajstić information content (AvgIpc) is 3.05. The minimum absolute atomic E-state index is 0.222. The molecule has 0 spiro atoms. The highest BCUT2D eigenvalue weighted by atomic mass is 19.4. The maximum Gasteiger partial charge on any atom is 0.416 e. The summed E-state index contributed by atoms with van der Waals surface area (Å²) in [6, 6.07) is 30.5. The number of carboxylic acid groups (broad SMARTS) is 1. The van der Waals surface area contributed by atoms with Crippen molar-refractivity contribution < 1.29 is 27.9 Å². The van der Waals surface area contributed by atoms with Crippen molar-refractivity contribution in [3.05, 3.63) is 114 Å². The van der Waals surface area contributed by atoms with Crippen LogP contribution in [0.5, 0.6) is 0 Å². The zero-order valence-electron chi connectivity index (χ0n) is 24.7. The van der Waals surface area contributed by atoms with Crippen LogP contribution in [0.15, 0.2) is 103 Å². The van der Waals surface area contributed by atoms with Gasteiger partial charge in [0.25, 0.3) is 5.91 Å². The SMILES string of the molecule is CCC(=O)O.CCC1CN(c2ccc(NC(=O)c3ccccc3-c3ccc(C(F)(F)F)cc3)cc2)CCN1c1ccccc1. The molecule has 1 heterocycles. The summed E-state index contributed by atoms with van der Waals surface area (Å²) < 4.78 is 38.9. The van der Waals surface area contributed by atoms with E-state index >= 15 is 0 Å². The summed E-state index contributed by atoms with van der Waals surface area (Å²) in [5, 5.41) is 10.7. The van der Waals surface area contributed by atoms with Crippen LogP contribution in [0.3, 0.4) is 0 Å². The molecular weight excluding hydrogens is 567 g/mol. The molecular formula is C35H36F3N3O3. The summed E-state index contributed by atoms with van der Waals surface area (Å²) in [5.41, 5.74) is 3.79. The number of aliphatic carboxylic acids is 1. The van der Waals surface area contributed by atoms with Crippen LogP contribution in [0.2, 0.25) is 0 Å². The van der Waals surface area contributed by atoms with Crippen molar-refractivity contribution in [2.75, 3.05) is 34.8 Å². The number of nitrogens with one attached hydrogen (secondary N) is 1. The Hall–Kier alpha value is -4.79. The van der Waals surface area contributed by atoms with E-state index in [0.717, 1.165) is 43.9 Å². The predicted octanol–water partition coefficient (Wildman–Crippen LogP) is 8.21. The van der Waals surface area contributed by atoms with Crippen molar-refractivity contribution in [2.45, 2.75) is 38.9 Å². The van der Waals surface area contributed by atoms with Crippen LogP contribution in [0.4, 0.5) is 30.2 Å². The number of rotatable bonds is 7. The molecule has 4 aromatic rings. The lowest BCUT2D eigenvalue weighted by molar-refractivity contribution is -0.138. The Morgan fingerprint density at radius 3 is 2.02 bits per heavy atom. The summed E-state index contributed by atoms with van der Waals surface area (Å²) in [6.45, 7) is 6.56. The number of carbonyl (C=O) groups excluding carboxylic acids is 1. The van der Waals surface area contributed by atoms with E-state index < -0.39 is 17.7 Å². The molecule has 1 aliphatic heterocycles. The van der Waals surface area contributed by atoms with Crippen molar-refractivity contribution in [3.8, 4) is 11.1 Å². The van der Waals surface area contributed by atoms with E-state index in [9.17, 15) is 22.8 Å². The van der Waals surface area contributed by atoms with Crippen molar-refractivity contribution in [2.24, 2.45) is 0 Å². The lowest BCUT2D eigenvalue weighted by atomic mass is 9.98. The number of alkyl halides is 3. The fraction of sp³-hybridized carbons (Fsp3) is 0.257. The van der Waals surface area contributed by atoms with E-state index in [1.165, 1.54) is 17.8 Å². The maximum atomic E-state index is 13.2. The fourth-order valence-electron chi connectivity index (χ4n) is 5.12. The standard InChI is InChI=1S/C32H30F3N3O.C3H6O2/c1-2-26-22-37(20-21-38(26)28-8-4-3-5-9-28)27-18-16-25(17-19-27)36-31(39)30-11-7-6-10-29(30)23-12-14-24(15-13-23)32(33,34)35;1-2-3(4)5/h3-19,26H,2,20-22H2,1H3,(H,36,39);2H2,1H3,(H,4,5). The number of amides is 1. The van der Waals surface area contributed by atoms with E-state index in [4.69, 9.17) is 5.11 Å². The maximum absolute atomic E-state index is 13.2. The van der Waals surface area contributed by atoms with Gasteiger partial charge in [0, 0.05) is 54.7 Å². The minimum Gasteiger partial charge on any atom is -0.481 e. The predicted molar refractivity (Wildman–Crippen MR) is 169 cm³/mol. The molecule has 230 valence electrons. The molecule has 2 N–H and O–H groups in total. The number of anilines is 3. The molecule has 0 aromatic heterocycles. The Balaban J connectivity index is 0.000000818. The highest BCUT2D eigenvalue weighted by Crippen LogP contribution is 2.32. The molecule has 1 saturated heterocycles. The van der Waals surface area contributed by atoms with Gasteiger partial charge in [0.2, 0.25) is 0 Å². The van der Waals surface area contributed by atoms with Gasteiger partial charge in [-0.1, -0.05) is 62.4 Å². The normalized spacial score (nSPS) is 14.8. The molecule has 1 fully saturated rings. The Morgan fingerprint density at radius 1 is 0.818 bits per heavy atom. The Kier molecular flexibility index (Phi) is 10.7. The van der Waals surface area contributed by atoms with Crippen molar-refractivity contribution in [1.29, 1.82) is 0 Å². The first-order valence-electron chi connectivity index (χ1n) is 14.6. The Bertz CT molecular complexity index is 1530. The van der Waals surface area contributed by atoms with E-state index in [0.29, 0.717) is 28.4 Å². The van der Waals surface area contributed by atoms with Crippen LogP contribution < -0.4 is 15.1 Å². The van der Waals surface area contributed by atoms with E-state index in [2.05, 4.69) is 46.3 Å². The zero-order chi connectivity index (χ0) is 31.7. The molecule has 1 amide bonds. The number of piperazine rings is 1. The van der Waals surface area contributed by atoms with Gasteiger partial charge in [-0.15, -0.1) is 0 Å². The second-order valence-corrected chi connectivity index (χ2v) is 10.4. The number of carboxylic acids is 1. The fourth-order valence-corrected chi connectivity index (χ4v) is 5.12. The third-order valence-electron chi connectivity index (χ3n) is 7.53. The largest absolute Gasteiger partial charge is 0.481 e. The number of benzene rings is 4. The molecule has 4 aromatic carbocycles. The van der Waals surface area contributed by atoms with Crippen LogP contribution in [-0.2, 0) is 11.0 Å². The highest BCUT2D eigenvalue weighted by Gasteiger charge is 2.30. The molecule has 6 nitrogen and oxygen atoms in total. The van der Waals surface area contributed by atoms with Crippen LogP contribution in [-0.4, -0.2) is 42.7 Å². The third kappa shape index (κ3) is 8.18. The molecule has 1 aliphatic rings.